The predicted molar refractivity (Wildman–Crippen MR) is 113 cm³/mol. The Bertz CT molecular complexity index is 902. The van der Waals surface area contributed by atoms with Crippen molar-refractivity contribution in [2.45, 2.75) is 58.4 Å². The third-order valence-corrected chi connectivity index (χ3v) is 6.01. The second-order valence-corrected chi connectivity index (χ2v) is 7.97. The number of rotatable bonds is 5. The van der Waals surface area contributed by atoms with Gasteiger partial charge in [0.15, 0.2) is 0 Å². The Morgan fingerprint density at radius 3 is 2.41 bits per heavy atom. The molecule has 1 saturated carbocycles. The van der Waals surface area contributed by atoms with Gasteiger partial charge in [-0.1, -0.05) is 25.7 Å². The fourth-order valence-corrected chi connectivity index (χ4v) is 4.20. The normalized spacial score (nSPS) is 15.2. The number of amides is 1. The topological polar surface area (TPSA) is 61.1 Å². The summed E-state index contributed by atoms with van der Waals surface area (Å²) >= 11 is 0. The highest BCUT2D eigenvalue weighted by Crippen LogP contribution is 2.30. The molecule has 2 aromatic rings. The quantitative estimate of drug-likeness (QED) is 0.746. The number of carbonyl (C=O) groups is 1. The summed E-state index contributed by atoms with van der Waals surface area (Å²) in [4.78, 5) is 15.0. The minimum absolute atomic E-state index is 0.144. The molecule has 6 heteroatoms. The van der Waals surface area contributed by atoms with E-state index >= 15 is 0 Å². The van der Waals surface area contributed by atoms with Gasteiger partial charge in [0.1, 0.15) is 17.7 Å². The molecule has 1 N–H and O–H groups in total. The highest BCUT2D eigenvalue weighted by atomic mass is 19.1. The number of likely N-dealkylation sites (N-methyl/N-ethyl adjacent to an activating group) is 1. The average Bonchev–Trinajstić information content (AvgIpc) is 2.89. The van der Waals surface area contributed by atoms with Crippen molar-refractivity contribution >= 4 is 11.7 Å². The van der Waals surface area contributed by atoms with Crippen LogP contribution in [0.15, 0.2) is 24.3 Å². The van der Waals surface area contributed by atoms with Gasteiger partial charge in [-0.3, -0.25) is 14.3 Å². The molecule has 3 rings (SSSR count). The van der Waals surface area contributed by atoms with Gasteiger partial charge in [-0.25, -0.2) is 4.39 Å². The van der Waals surface area contributed by atoms with Crippen LogP contribution in [0.5, 0.6) is 0 Å². The van der Waals surface area contributed by atoms with Crippen molar-refractivity contribution in [3.8, 4) is 11.8 Å². The third-order valence-electron chi connectivity index (χ3n) is 6.01. The Morgan fingerprint density at radius 1 is 1.21 bits per heavy atom. The van der Waals surface area contributed by atoms with Crippen LogP contribution in [0.2, 0.25) is 0 Å². The van der Waals surface area contributed by atoms with Crippen LogP contribution in [0.4, 0.5) is 10.2 Å². The van der Waals surface area contributed by atoms with Crippen molar-refractivity contribution < 1.29 is 9.18 Å². The number of halogens is 1. The number of benzene rings is 1. The number of nitrogens with zero attached hydrogens (tertiary/aromatic N) is 3. The van der Waals surface area contributed by atoms with Crippen LogP contribution in [0, 0.1) is 31.0 Å². The Hall–Kier alpha value is -2.65. The molecule has 29 heavy (non-hydrogen) atoms. The molecule has 5 nitrogen and oxygen atoms in total. The number of hydrogen-bond donors (Lipinski definition) is 1. The highest BCUT2D eigenvalue weighted by molar-refractivity contribution is 5.93. The van der Waals surface area contributed by atoms with E-state index in [4.69, 9.17) is 0 Å². The SMILES string of the molecule is Cc1c(C#N)c(NC(=O)CN(C)C2CCCCCC2)n(-c2ccc(F)cc2)c1C. The van der Waals surface area contributed by atoms with Crippen molar-refractivity contribution in [1.82, 2.24) is 9.47 Å². The standard InChI is InChI=1S/C23H29FN4O/c1-16-17(2)28(20-12-10-18(24)11-13-20)23(21(16)14-25)26-22(29)15-27(3)19-8-6-4-5-7-9-19/h10-13,19H,4-9,15H2,1-3H3,(H,26,29). The zero-order chi connectivity index (χ0) is 21.0. The Morgan fingerprint density at radius 2 is 1.83 bits per heavy atom. The van der Waals surface area contributed by atoms with Crippen molar-refractivity contribution in [1.29, 1.82) is 5.26 Å². The summed E-state index contributed by atoms with van der Waals surface area (Å²) in [5, 5.41) is 12.6. The average molecular weight is 397 g/mol. The first-order valence-corrected chi connectivity index (χ1v) is 10.3. The Kier molecular flexibility index (Phi) is 6.71. The van der Waals surface area contributed by atoms with Crippen LogP contribution >= 0.6 is 0 Å². The molecule has 1 aromatic carbocycles. The summed E-state index contributed by atoms with van der Waals surface area (Å²) in [7, 11) is 2.00. The summed E-state index contributed by atoms with van der Waals surface area (Å²) in [5.74, 6) is -0.0196. The fraction of sp³-hybridized carbons (Fsp3) is 0.478. The van der Waals surface area contributed by atoms with Gasteiger partial charge >= 0.3 is 0 Å². The van der Waals surface area contributed by atoms with Gasteiger partial charge in [-0.2, -0.15) is 5.26 Å². The predicted octanol–water partition coefficient (Wildman–Crippen LogP) is 4.70. The second-order valence-electron chi connectivity index (χ2n) is 7.97. The van der Waals surface area contributed by atoms with Gasteiger partial charge in [0.05, 0.1) is 12.1 Å². The van der Waals surface area contributed by atoms with Crippen molar-refractivity contribution in [2.24, 2.45) is 0 Å². The fourth-order valence-electron chi connectivity index (χ4n) is 4.20. The minimum atomic E-state index is -0.327. The maximum Gasteiger partial charge on any atom is 0.239 e. The molecule has 1 aliphatic rings. The molecule has 0 unspecified atom stereocenters. The maximum absolute atomic E-state index is 13.4. The van der Waals surface area contributed by atoms with E-state index in [-0.39, 0.29) is 18.3 Å². The number of anilines is 1. The first kappa shape index (κ1) is 21.1. The lowest BCUT2D eigenvalue weighted by Gasteiger charge is -2.26. The van der Waals surface area contributed by atoms with Gasteiger partial charge in [-0.15, -0.1) is 0 Å². The zero-order valence-corrected chi connectivity index (χ0v) is 17.5. The van der Waals surface area contributed by atoms with Gasteiger partial charge < -0.3 is 5.32 Å². The second kappa shape index (κ2) is 9.23. The Balaban J connectivity index is 1.84. The molecule has 0 radical (unpaired) electrons. The van der Waals surface area contributed by atoms with E-state index < -0.39 is 0 Å². The maximum atomic E-state index is 13.4. The monoisotopic (exact) mass is 396 g/mol. The van der Waals surface area contributed by atoms with Gasteiger partial charge in [-0.05, 0) is 63.6 Å². The molecule has 1 aliphatic carbocycles. The van der Waals surface area contributed by atoms with Crippen LogP contribution < -0.4 is 5.32 Å². The van der Waals surface area contributed by atoms with Crippen molar-refractivity contribution in [2.75, 3.05) is 18.9 Å². The number of nitriles is 1. The molecule has 1 heterocycles. The smallest absolute Gasteiger partial charge is 0.239 e. The summed E-state index contributed by atoms with van der Waals surface area (Å²) in [6.07, 6.45) is 7.20. The van der Waals surface area contributed by atoms with Crippen LogP contribution in [-0.4, -0.2) is 35.0 Å². The first-order chi connectivity index (χ1) is 13.9. The third kappa shape index (κ3) is 4.68. The van der Waals surface area contributed by atoms with Crippen molar-refractivity contribution in [3.63, 3.8) is 0 Å². The lowest BCUT2D eigenvalue weighted by molar-refractivity contribution is -0.117. The minimum Gasteiger partial charge on any atom is -0.310 e. The van der Waals surface area contributed by atoms with E-state index in [0.717, 1.165) is 24.1 Å². The lowest BCUT2D eigenvalue weighted by atomic mass is 10.1. The Labute approximate surface area is 172 Å². The molecular formula is C23H29FN4O. The van der Waals surface area contributed by atoms with Gasteiger partial charge in [0, 0.05) is 17.4 Å². The number of aromatic nitrogens is 1. The van der Waals surface area contributed by atoms with Crippen LogP contribution in [0.3, 0.4) is 0 Å². The summed E-state index contributed by atoms with van der Waals surface area (Å²) in [6.45, 7) is 4.04. The molecule has 1 amide bonds. The van der Waals surface area contributed by atoms with E-state index in [2.05, 4.69) is 16.3 Å². The van der Waals surface area contributed by atoms with Crippen molar-refractivity contribution in [3.05, 3.63) is 46.9 Å². The van der Waals surface area contributed by atoms with E-state index in [0.29, 0.717) is 23.1 Å². The van der Waals surface area contributed by atoms with E-state index in [1.807, 2.05) is 25.5 Å². The molecule has 0 aliphatic heterocycles. The van der Waals surface area contributed by atoms with Crippen LogP contribution in [0.25, 0.3) is 5.69 Å². The van der Waals surface area contributed by atoms with E-state index in [9.17, 15) is 14.4 Å². The molecular weight excluding hydrogens is 367 g/mol. The largest absolute Gasteiger partial charge is 0.310 e. The van der Waals surface area contributed by atoms with E-state index in [1.54, 1.807) is 12.1 Å². The molecule has 1 fully saturated rings. The van der Waals surface area contributed by atoms with Gasteiger partial charge in [0.25, 0.3) is 0 Å². The molecule has 0 saturated heterocycles. The molecule has 154 valence electrons. The summed E-state index contributed by atoms with van der Waals surface area (Å²) in [6, 6.07) is 8.69. The van der Waals surface area contributed by atoms with Crippen LogP contribution in [-0.2, 0) is 4.79 Å². The molecule has 1 aromatic heterocycles. The molecule has 0 bridgehead atoms. The lowest BCUT2D eigenvalue weighted by Crippen LogP contribution is -2.38. The first-order valence-electron chi connectivity index (χ1n) is 10.3. The number of carbonyl (C=O) groups excluding carboxylic acids is 1. The number of hydrogen-bond acceptors (Lipinski definition) is 3. The highest BCUT2D eigenvalue weighted by Gasteiger charge is 2.23. The van der Waals surface area contributed by atoms with E-state index in [1.165, 1.54) is 37.8 Å². The van der Waals surface area contributed by atoms with Gasteiger partial charge in [0.2, 0.25) is 5.91 Å². The van der Waals surface area contributed by atoms with Crippen LogP contribution in [0.1, 0.15) is 55.3 Å². The zero-order valence-electron chi connectivity index (χ0n) is 17.5. The summed E-state index contributed by atoms with van der Waals surface area (Å²) < 4.78 is 15.2. The molecule has 0 atom stereocenters. The molecule has 0 spiro atoms. The summed E-state index contributed by atoms with van der Waals surface area (Å²) in [5.41, 5.74) is 2.81. The number of nitrogens with one attached hydrogen (secondary N) is 1.